The number of ether oxygens (including phenoxy) is 1. The maximum absolute atomic E-state index is 14.0. The van der Waals surface area contributed by atoms with Crippen LogP contribution in [0.15, 0.2) is 95.1 Å². The van der Waals surface area contributed by atoms with Crippen molar-refractivity contribution in [1.82, 2.24) is 9.47 Å². The Morgan fingerprint density at radius 3 is 2.90 bits per heavy atom. The van der Waals surface area contributed by atoms with Gasteiger partial charge in [0.25, 0.3) is 0 Å². The molecule has 0 radical (unpaired) electrons. The Hall–Kier alpha value is -4.00. The zero-order valence-electron chi connectivity index (χ0n) is 16.8. The zero-order valence-corrected chi connectivity index (χ0v) is 16.8. The Morgan fingerprint density at radius 2 is 2.00 bits per heavy atom. The fourth-order valence-electron chi connectivity index (χ4n) is 3.26. The predicted octanol–water partition coefficient (Wildman–Crippen LogP) is 4.75. The van der Waals surface area contributed by atoms with Gasteiger partial charge in [0.2, 0.25) is 0 Å². The first-order chi connectivity index (χ1) is 15.2. The third-order valence-electron chi connectivity index (χ3n) is 4.83. The van der Waals surface area contributed by atoms with E-state index in [1.54, 1.807) is 36.8 Å². The third kappa shape index (κ3) is 5.14. The monoisotopic (exact) mass is 416 g/mol. The minimum Gasteiger partial charge on any atom is -0.410 e. The van der Waals surface area contributed by atoms with Crippen molar-refractivity contribution in [2.45, 2.75) is 19.6 Å². The highest BCUT2D eigenvalue weighted by Crippen LogP contribution is 2.26. The summed E-state index contributed by atoms with van der Waals surface area (Å²) in [5, 5.41) is 0. The number of aromatic nitrogens is 1. The number of amides is 1. The van der Waals surface area contributed by atoms with E-state index in [-0.39, 0.29) is 18.1 Å². The fourth-order valence-corrected chi connectivity index (χ4v) is 3.26. The molecule has 156 valence electrons. The number of carbonyl (C=O) groups is 1. The molecule has 0 saturated carbocycles. The molecule has 1 amide bonds. The number of hydrogen-bond acceptors (Lipinski definition) is 4. The molecule has 0 bridgehead atoms. The number of benzene rings is 1. The van der Waals surface area contributed by atoms with Crippen molar-refractivity contribution >= 4 is 18.5 Å². The van der Waals surface area contributed by atoms with Gasteiger partial charge in [-0.15, -0.1) is 0 Å². The molecule has 0 atom stereocenters. The smallest absolute Gasteiger partial charge is 0.410 e. The summed E-state index contributed by atoms with van der Waals surface area (Å²) in [6.07, 6.45) is 16.8. The quantitative estimate of drug-likeness (QED) is 0.674. The van der Waals surface area contributed by atoms with Gasteiger partial charge in [0.1, 0.15) is 11.6 Å². The van der Waals surface area contributed by atoms with E-state index in [4.69, 9.17) is 4.74 Å². The van der Waals surface area contributed by atoms with Gasteiger partial charge in [0.05, 0.1) is 18.5 Å². The van der Waals surface area contributed by atoms with E-state index >= 15 is 0 Å². The average Bonchev–Trinajstić information content (AvgIpc) is 3.39. The number of rotatable bonds is 1. The van der Waals surface area contributed by atoms with Crippen molar-refractivity contribution < 1.29 is 13.9 Å². The molecule has 0 spiro atoms. The maximum atomic E-state index is 14.0. The molecule has 4 rings (SSSR count). The largest absolute Gasteiger partial charge is 0.415 e. The third-order valence-corrected chi connectivity index (χ3v) is 4.83. The van der Waals surface area contributed by atoms with E-state index in [2.05, 4.69) is 9.98 Å². The summed E-state index contributed by atoms with van der Waals surface area (Å²) in [5.41, 5.74) is 2.26. The first-order valence-electron chi connectivity index (χ1n) is 9.84. The summed E-state index contributed by atoms with van der Waals surface area (Å²) in [4.78, 5) is 22.5. The molecule has 0 N–H and O–H groups in total. The van der Waals surface area contributed by atoms with Gasteiger partial charge in [-0.25, -0.2) is 9.18 Å². The molecule has 0 saturated heterocycles. The van der Waals surface area contributed by atoms with Crippen LogP contribution in [0.2, 0.25) is 0 Å². The number of hydrogen-bond donors (Lipinski definition) is 0. The van der Waals surface area contributed by atoms with E-state index in [0.717, 1.165) is 11.3 Å². The predicted molar refractivity (Wildman–Crippen MR) is 118 cm³/mol. The van der Waals surface area contributed by atoms with E-state index in [1.807, 2.05) is 47.2 Å². The van der Waals surface area contributed by atoms with Gasteiger partial charge >= 0.3 is 6.09 Å². The van der Waals surface area contributed by atoms with Gasteiger partial charge in [-0.3, -0.25) is 14.9 Å². The van der Waals surface area contributed by atoms with Crippen LogP contribution in [-0.2, 0) is 24.4 Å². The molecule has 2 aromatic rings. The maximum Gasteiger partial charge on any atom is 0.415 e. The standard InChI is InChI=1S/C24H21FN4O2/c25-23-8-4-6-19-17-29(18-22(19)23)24(30)31-21-9-12-26-11-2-1-3-14-28-15-5-7-20(28)16-27-13-10-21/h1-13,15-16H,14,17-18H2. The van der Waals surface area contributed by atoms with Crippen LogP contribution in [0.1, 0.15) is 16.8 Å². The Bertz CT molecular complexity index is 1140. The molecule has 6 nitrogen and oxygen atoms in total. The van der Waals surface area contributed by atoms with E-state index in [9.17, 15) is 9.18 Å². The summed E-state index contributed by atoms with van der Waals surface area (Å²) >= 11 is 0. The molecule has 2 aliphatic rings. The second-order valence-corrected chi connectivity index (χ2v) is 6.92. The van der Waals surface area contributed by atoms with Gasteiger partial charge in [-0.1, -0.05) is 24.3 Å². The lowest BCUT2D eigenvalue weighted by atomic mass is 10.1. The Kier molecular flexibility index (Phi) is 6.32. The van der Waals surface area contributed by atoms with E-state index in [0.29, 0.717) is 18.7 Å². The number of fused-ring (bicyclic) bond motifs is 2. The lowest BCUT2D eigenvalue weighted by molar-refractivity contribution is 0.130. The lowest BCUT2D eigenvalue weighted by Gasteiger charge is -2.15. The van der Waals surface area contributed by atoms with Crippen LogP contribution in [0.3, 0.4) is 0 Å². The second kappa shape index (κ2) is 9.67. The zero-order chi connectivity index (χ0) is 21.5. The average molecular weight is 416 g/mol. The molecular weight excluding hydrogens is 395 g/mol. The molecule has 3 heterocycles. The van der Waals surface area contributed by atoms with Gasteiger partial charge < -0.3 is 9.30 Å². The van der Waals surface area contributed by atoms with Crippen LogP contribution in [-0.4, -0.2) is 28.0 Å². The summed E-state index contributed by atoms with van der Waals surface area (Å²) in [7, 11) is 0. The van der Waals surface area contributed by atoms with Crippen LogP contribution < -0.4 is 0 Å². The minimum atomic E-state index is -0.561. The summed E-state index contributed by atoms with van der Waals surface area (Å²) in [5.74, 6) is -0.0376. The van der Waals surface area contributed by atoms with Crippen LogP contribution >= 0.6 is 0 Å². The van der Waals surface area contributed by atoms with Gasteiger partial charge in [0.15, 0.2) is 0 Å². The van der Waals surface area contributed by atoms with E-state index < -0.39 is 6.09 Å². The Labute approximate surface area is 179 Å². The minimum absolute atomic E-state index is 0.177. The number of nitrogens with zero attached hydrogens (tertiary/aromatic N) is 4. The van der Waals surface area contributed by atoms with Gasteiger partial charge in [0, 0.05) is 43.5 Å². The summed E-state index contributed by atoms with van der Waals surface area (Å²) in [6, 6.07) is 8.76. The summed E-state index contributed by atoms with van der Waals surface area (Å²) in [6.45, 7) is 1.20. The van der Waals surface area contributed by atoms with Crippen molar-refractivity contribution in [2.24, 2.45) is 9.98 Å². The van der Waals surface area contributed by atoms with Crippen LogP contribution in [0.4, 0.5) is 9.18 Å². The topological polar surface area (TPSA) is 59.2 Å². The highest BCUT2D eigenvalue weighted by atomic mass is 19.1. The molecule has 1 aromatic heterocycles. The van der Waals surface area contributed by atoms with E-state index in [1.165, 1.54) is 17.2 Å². The van der Waals surface area contributed by atoms with Gasteiger partial charge in [-0.05, 0) is 42.0 Å². The molecule has 31 heavy (non-hydrogen) atoms. The van der Waals surface area contributed by atoms with Crippen molar-refractivity contribution in [1.29, 1.82) is 0 Å². The molecule has 1 aromatic carbocycles. The van der Waals surface area contributed by atoms with Crippen molar-refractivity contribution in [2.75, 3.05) is 0 Å². The SMILES string of the molecule is O=C(OC1=CC=NC=CC=CCn2cccc2C=NC=C1)N1Cc2cccc(F)c2C1. The van der Waals surface area contributed by atoms with Crippen molar-refractivity contribution in [3.63, 3.8) is 0 Å². The molecule has 0 unspecified atom stereocenters. The number of carbonyl (C=O) groups excluding carboxylic acids is 1. The Morgan fingerprint density at radius 1 is 1.06 bits per heavy atom. The molecule has 7 heteroatoms. The number of halogens is 1. The molecule has 0 aliphatic carbocycles. The lowest BCUT2D eigenvalue weighted by Crippen LogP contribution is -2.25. The normalized spacial score (nSPS) is 15.8. The summed E-state index contributed by atoms with van der Waals surface area (Å²) < 4.78 is 21.5. The van der Waals surface area contributed by atoms with Crippen LogP contribution in [0.25, 0.3) is 0 Å². The highest BCUT2D eigenvalue weighted by Gasteiger charge is 2.27. The fraction of sp³-hybridized carbons (Fsp3) is 0.125. The molecule has 2 aliphatic heterocycles. The number of aliphatic imine (C=N–C) groups is 2. The Balaban J connectivity index is 1.50. The van der Waals surface area contributed by atoms with Gasteiger partial charge in [-0.2, -0.15) is 0 Å². The number of allylic oxidation sites excluding steroid dienone is 5. The van der Waals surface area contributed by atoms with Crippen molar-refractivity contribution in [3.05, 3.63) is 108 Å². The highest BCUT2D eigenvalue weighted by molar-refractivity contribution is 5.78. The first-order valence-corrected chi connectivity index (χ1v) is 9.84. The molecule has 0 fully saturated rings. The van der Waals surface area contributed by atoms with Crippen LogP contribution in [0, 0.1) is 5.82 Å². The first kappa shape index (κ1) is 20.3. The van der Waals surface area contributed by atoms with Crippen molar-refractivity contribution in [3.8, 4) is 0 Å². The molecular formula is C24H21FN4O2. The second-order valence-electron chi connectivity index (χ2n) is 6.92. The van der Waals surface area contributed by atoms with Crippen LogP contribution in [0.5, 0.6) is 0 Å².